The van der Waals surface area contributed by atoms with Gasteiger partial charge in [0.1, 0.15) is 0 Å². The van der Waals surface area contributed by atoms with Crippen molar-refractivity contribution in [3.05, 3.63) is 39.4 Å². The highest BCUT2D eigenvalue weighted by Gasteiger charge is 2.12. The van der Waals surface area contributed by atoms with Crippen LogP contribution in [0, 0.1) is 17.0 Å². The molecule has 0 bridgehead atoms. The van der Waals surface area contributed by atoms with Gasteiger partial charge in [0.05, 0.1) is 18.0 Å². The van der Waals surface area contributed by atoms with Crippen LogP contribution in [0.15, 0.2) is 18.2 Å². The average Bonchev–Trinajstić information content (AvgIpc) is 2.36. The van der Waals surface area contributed by atoms with E-state index in [1.165, 1.54) is 6.07 Å². The summed E-state index contributed by atoms with van der Waals surface area (Å²) in [7, 11) is 0. The third kappa shape index (κ3) is 4.67. The second-order valence-corrected chi connectivity index (χ2v) is 4.05. The Morgan fingerprint density at radius 3 is 2.84 bits per heavy atom. The Hall–Kier alpha value is -1.95. The lowest BCUT2D eigenvalue weighted by Crippen LogP contribution is -2.19. The molecule has 1 aromatic carbocycles. The van der Waals surface area contributed by atoms with E-state index in [2.05, 4.69) is 5.32 Å². The van der Waals surface area contributed by atoms with Gasteiger partial charge in [0.25, 0.3) is 5.69 Å². The number of benzene rings is 1. The zero-order chi connectivity index (χ0) is 14.3. The van der Waals surface area contributed by atoms with E-state index < -0.39 is 4.92 Å². The number of nitro groups is 1. The van der Waals surface area contributed by atoms with Gasteiger partial charge >= 0.3 is 5.97 Å². The highest BCUT2D eigenvalue weighted by molar-refractivity contribution is 5.69. The number of ether oxygens (including phenoxy) is 1. The van der Waals surface area contributed by atoms with Crippen molar-refractivity contribution in [3.63, 3.8) is 0 Å². The molecule has 0 aromatic heterocycles. The minimum absolute atomic E-state index is 0.115. The molecule has 0 fully saturated rings. The standard InChI is InChI=1S/C13H18N2O4/c1-3-19-13(16)7-8-14-9-11-5-4-6-12(10(11)2)15(17)18/h4-6,14H,3,7-9H2,1-2H3. The first-order valence-corrected chi connectivity index (χ1v) is 6.15. The zero-order valence-electron chi connectivity index (χ0n) is 11.1. The van der Waals surface area contributed by atoms with E-state index in [-0.39, 0.29) is 11.7 Å². The number of rotatable bonds is 7. The van der Waals surface area contributed by atoms with Gasteiger partial charge in [0, 0.05) is 24.7 Å². The molecule has 1 aromatic rings. The maximum atomic E-state index is 11.1. The summed E-state index contributed by atoms with van der Waals surface area (Å²) in [6.45, 7) is 4.84. The molecule has 6 heteroatoms. The van der Waals surface area contributed by atoms with Crippen LogP contribution in [0.4, 0.5) is 5.69 Å². The maximum absolute atomic E-state index is 11.1. The molecule has 0 amide bonds. The van der Waals surface area contributed by atoms with Crippen LogP contribution in [0.1, 0.15) is 24.5 Å². The highest BCUT2D eigenvalue weighted by atomic mass is 16.6. The number of hydrogen-bond donors (Lipinski definition) is 1. The van der Waals surface area contributed by atoms with E-state index in [9.17, 15) is 14.9 Å². The van der Waals surface area contributed by atoms with Gasteiger partial charge in [-0.15, -0.1) is 0 Å². The van der Waals surface area contributed by atoms with E-state index >= 15 is 0 Å². The molecule has 0 saturated carbocycles. The van der Waals surface area contributed by atoms with E-state index in [4.69, 9.17) is 4.74 Å². The molecule has 0 aliphatic heterocycles. The topological polar surface area (TPSA) is 81.5 Å². The van der Waals surface area contributed by atoms with Gasteiger partial charge in [-0.1, -0.05) is 12.1 Å². The van der Waals surface area contributed by atoms with E-state index in [0.717, 1.165) is 5.56 Å². The summed E-state index contributed by atoms with van der Waals surface area (Å²) in [4.78, 5) is 21.5. The molecule has 104 valence electrons. The molecule has 0 saturated heterocycles. The Morgan fingerprint density at radius 2 is 2.21 bits per heavy atom. The fourth-order valence-electron chi connectivity index (χ4n) is 1.71. The van der Waals surface area contributed by atoms with Crippen LogP contribution in [0.5, 0.6) is 0 Å². The van der Waals surface area contributed by atoms with Gasteiger partial charge in [-0.2, -0.15) is 0 Å². The lowest BCUT2D eigenvalue weighted by Gasteiger charge is -2.08. The normalized spacial score (nSPS) is 10.2. The molecular weight excluding hydrogens is 248 g/mol. The third-order valence-electron chi connectivity index (χ3n) is 2.74. The predicted molar refractivity (Wildman–Crippen MR) is 70.8 cm³/mol. The first kappa shape index (κ1) is 15.1. The molecule has 0 aliphatic rings. The number of nitrogens with zero attached hydrogens (tertiary/aromatic N) is 1. The van der Waals surface area contributed by atoms with Crippen molar-refractivity contribution in [2.45, 2.75) is 26.8 Å². The minimum Gasteiger partial charge on any atom is -0.466 e. The monoisotopic (exact) mass is 266 g/mol. The molecule has 0 radical (unpaired) electrons. The Balaban J connectivity index is 2.48. The first-order chi connectivity index (χ1) is 9.06. The van der Waals surface area contributed by atoms with Crippen LogP contribution >= 0.6 is 0 Å². The average molecular weight is 266 g/mol. The zero-order valence-corrected chi connectivity index (χ0v) is 11.1. The molecule has 0 spiro atoms. The number of carbonyl (C=O) groups is 1. The molecule has 0 atom stereocenters. The van der Waals surface area contributed by atoms with Gasteiger partial charge < -0.3 is 10.1 Å². The molecule has 6 nitrogen and oxygen atoms in total. The number of hydrogen-bond acceptors (Lipinski definition) is 5. The van der Waals surface area contributed by atoms with Crippen molar-refractivity contribution in [1.29, 1.82) is 0 Å². The summed E-state index contributed by atoms with van der Waals surface area (Å²) >= 11 is 0. The predicted octanol–water partition coefficient (Wildman–Crippen LogP) is 1.95. The van der Waals surface area contributed by atoms with E-state index in [1.807, 2.05) is 6.07 Å². The van der Waals surface area contributed by atoms with Crippen LogP contribution in [0.2, 0.25) is 0 Å². The number of carbonyl (C=O) groups excluding carboxylic acids is 1. The minimum atomic E-state index is -0.391. The molecule has 0 unspecified atom stereocenters. The molecule has 1 N–H and O–H groups in total. The summed E-state index contributed by atoms with van der Waals surface area (Å²) in [5.41, 5.74) is 1.62. The summed E-state index contributed by atoms with van der Waals surface area (Å²) in [6.07, 6.45) is 0.293. The largest absolute Gasteiger partial charge is 0.466 e. The van der Waals surface area contributed by atoms with Crippen molar-refractivity contribution in [3.8, 4) is 0 Å². The smallest absolute Gasteiger partial charge is 0.307 e. The van der Waals surface area contributed by atoms with Crippen molar-refractivity contribution >= 4 is 11.7 Å². The van der Waals surface area contributed by atoms with Crippen LogP contribution in [-0.2, 0) is 16.1 Å². The van der Waals surface area contributed by atoms with Crippen LogP contribution < -0.4 is 5.32 Å². The van der Waals surface area contributed by atoms with Crippen LogP contribution in [0.25, 0.3) is 0 Å². The van der Waals surface area contributed by atoms with Gasteiger partial charge in [0.15, 0.2) is 0 Å². The number of nitrogens with one attached hydrogen (secondary N) is 1. The maximum Gasteiger partial charge on any atom is 0.307 e. The fraction of sp³-hybridized carbons (Fsp3) is 0.462. The summed E-state index contributed by atoms with van der Waals surface area (Å²) in [5.74, 6) is -0.245. The van der Waals surface area contributed by atoms with Gasteiger partial charge in [-0.05, 0) is 19.4 Å². The van der Waals surface area contributed by atoms with Crippen molar-refractivity contribution < 1.29 is 14.5 Å². The Labute approximate surface area is 111 Å². The molecule has 0 aliphatic carbocycles. The third-order valence-corrected chi connectivity index (χ3v) is 2.74. The number of esters is 1. The van der Waals surface area contributed by atoms with Gasteiger partial charge in [-0.25, -0.2) is 0 Å². The van der Waals surface area contributed by atoms with Crippen molar-refractivity contribution in [1.82, 2.24) is 5.32 Å². The second kappa shape index (κ2) is 7.48. The molecule has 1 rings (SSSR count). The Bertz CT molecular complexity index is 460. The summed E-state index contributed by atoms with van der Waals surface area (Å²) in [6, 6.07) is 4.98. The van der Waals surface area contributed by atoms with Gasteiger partial charge in [0.2, 0.25) is 0 Å². The second-order valence-electron chi connectivity index (χ2n) is 4.05. The molecule has 19 heavy (non-hydrogen) atoms. The summed E-state index contributed by atoms with van der Waals surface area (Å²) in [5, 5.41) is 13.9. The fourth-order valence-corrected chi connectivity index (χ4v) is 1.71. The van der Waals surface area contributed by atoms with Crippen molar-refractivity contribution in [2.75, 3.05) is 13.2 Å². The quantitative estimate of drug-likeness (QED) is 0.353. The van der Waals surface area contributed by atoms with Crippen LogP contribution in [0.3, 0.4) is 0 Å². The highest BCUT2D eigenvalue weighted by Crippen LogP contribution is 2.20. The Morgan fingerprint density at radius 1 is 1.47 bits per heavy atom. The van der Waals surface area contributed by atoms with Crippen LogP contribution in [-0.4, -0.2) is 24.0 Å². The molecular formula is C13H18N2O4. The number of nitro benzene ring substituents is 1. The van der Waals surface area contributed by atoms with E-state index in [1.54, 1.807) is 19.9 Å². The van der Waals surface area contributed by atoms with Gasteiger partial charge in [-0.3, -0.25) is 14.9 Å². The lowest BCUT2D eigenvalue weighted by molar-refractivity contribution is -0.385. The first-order valence-electron chi connectivity index (χ1n) is 6.15. The SMILES string of the molecule is CCOC(=O)CCNCc1cccc([N+](=O)[O-])c1C. The van der Waals surface area contributed by atoms with E-state index in [0.29, 0.717) is 31.7 Å². The van der Waals surface area contributed by atoms with Crippen molar-refractivity contribution in [2.24, 2.45) is 0 Å². The lowest BCUT2D eigenvalue weighted by atomic mass is 10.1. The summed E-state index contributed by atoms with van der Waals surface area (Å²) < 4.78 is 4.80. The molecule has 0 heterocycles. The Kier molecular flexibility index (Phi) is 5.95.